The van der Waals surface area contributed by atoms with Crippen LogP contribution in [0.2, 0.25) is 0 Å². The van der Waals surface area contributed by atoms with Gasteiger partial charge in [0.05, 0.1) is 11.3 Å². The van der Waals surface area contributed by atoms with Gasteiger partial charge >= 0.3 is 0 Å². The predicted octanol–water partition coefficient (Wildman–Crippen LogP) is 4.43. The van der Waals surface area contributed by atoms with Crippen molar-refractivity contribution in [3.8, 4) is 28.3 Å². The number of aromatic nitrogens is 4. The second-order valence-electron chi connectivity index (χ2n) is 10.6. The third-order valence-electron chi connectivity index (χ3n) is 8.10. The van der Waals surface area contributed by atoms with Crippen molar-refractivity contribution >= 4 is 22.7 Å². The van der Waals surface area contributed by atoms with E-state index in [0.717, 1.165) is 78.5 Å². The normalized spacial score (nSPS) is 17.6. The van der Waals surface area contributed by atoms with Gasteiger partial charge in [0, 0.05) is 55.4 Å². The van der Waals surface area contributed by atoms with Crippen LogP contribution in [0.5, 0.6) is 0 Å². The van der Waals surface area contributed by atoms with Crippen LogP contribution in [-0.4, -0.2) is 57.6 Å². The highest BCUT2D eigenvalue weighted by atomic mass is 15.2. The topological polar surface area (TPSA) is 102 Å². The smallest absolute Gasteiger partial charge is 0.165 e. The number of nitrogens with zero attached hydrogens (tertiary/aromatic N) is 6. The molecule has 1 aliphatic carbocycles. The number of aryl methyl sites for hydroxylation is 1. The fourth-order valence-electron chi connectivity index (χ4n) is 5.85. The number of benzene rings is 2. The molecule has 3 aromatic heterocycles. The number of piperazine rings is 1. The van der Waals surface area contributed by atoms with E-state index < -0.39 is 0 Å². The van der Waals surface area contributed by atoms with Gasteiger partial charge in [0.1, 0.15) is 11.3 Å². The summed E-state index contributed by atoms with van der Waals surface area (Å²) < 4.78 is 2.11. The fourth-order valence-corrected chi connectivity index (χ4v) is 5.85. The Hall–Kier alpha value is -4.27. The first-order valence-electron chi connectivity index (χ1n) is 13.6. The number of rotatable bonds is 4. The lowest BCUT2D eigenvalue weighted by molar-refractivity contribution is 0.313. The van der Waals surface area contributed by atoms with Crippen molar-refractivity contribution in [1.29, 1.82) is 0 Å². The van der Waals surface area contributed by atoms with Crippen LogP contribution in [0.3, 0.4) is 0 Å². The van der Waals surface area contributed by atoms with Gasteiger partial charge in [0.15, 0.2) is 11.5 Å². The Morgan fingerprint density at radius 1 is 0.872 bits per heavy atom. The van der Waals surface area contributed by atoms with Crippen LogP contribution < -0.4 is 16.4 Å². The molecule has 1 fully saturated rings. The quantitative estimate of drug-likeness (QED) is 0.364. The second-order valence-corrected chi connectivity index (χ2v) is 10.6. The van der Waals surface area contributed by atoms with Crippen molar-refractivity contribution in [3.05, 3.63) is 84.1 Å². The van der Waals surface area contributed by atoms with E-state index in [0.29, 0.717) is 5.82 Å². The van der Waals surface area contributed by atoms with E-state index in [1.807, 2.05) is 12.1 Å². The molecule has 0 spiro atoms. The lowest BCUT2D eigenvalue weighted by atomic mass is 10.1. The minimum absolute atomic E-state index is 0.0966. The molecule has 0 saturated carbocycles. The van der Waals surface area contributed by atoms with Gasteiger partial charge in [-0.3, -0.25) is 4.57 Å². The van der Waals surface area contributed by atoms with Crippen molar-refractivity contribution in [3.63, 3.8) is 0 Å². The highest BCUT2D eigenvalue weighted by molar-refractivity contribution is 5.85. The molecule has 2 aromatic carbocycles. The number of pyridine rings is 2. The van der Waals surface area contributed by atoms with Crippen LogP contribution in [0, 0.1) is 0 Å². The maximum Gasteiger partial charge on any atom is 0.165 e. The maximum absolute atomic E-state index is 6.34. The largest absolute Gasteiger partial charge is 0.383 e. The first-order valence-corrected chi connectivity index (χ1v) is 13.6. The summed E-state index contributed by atoms with van der Waals surface area (Å²) in [4.78, 5) is 19.3. The van der Waals surface area contributed by atoms with E-state index in [2.05, 4.69) is 81.0 Å². The highest BCUT2D eigenvalue weighted by Crippen LogP contribution is 2.35. The summed E-state index contributed by atoms with van der Waals surface area (Å²) in [5, 5.41) is 0. The SMILES string of the molecule is CN1CCN(c2cccc(-c3ccc4nc(-c5cccnc5N)n(-c5ccc6c(c5)CC[C@@H]6N)c4n3)c2)CC1. The third-order valence-corrected chi connectivity index (χ3v) is 8.10. The first-order chi connectivity index (χ1) is 19.0. The van der Waals surface area contributed by atoms with Crippen LogP contribution in [0.25, 0.3) is 39.5 Å². The Bertz CT molecular complexity index is 1680. The number of anilines is 2. The Morgan fingerprint density at radius 2 is 1.74 bits per heavy atom. The number of hydrogen-bond donors (Lipinski definition) is 2. The summed E-state index contributed by atoms with van der Waals surface area (Å²) in [6, 6.07) is 23.2. The summed E-state index contributed by atoms with van der Waals surface area (Å²) in [7, 11) is 2.18. The van der Waals surface area contributed by atoms with Crippen molar-refractivity contribution in [2.45, 2.75) is 18.9 Å². The van der Waals surface area contributed by atoms with Crippen molar-refractivity contribution in [2.75, 3.05) is 43.9 Å². The van der Waals surface area contributed by atoms with E-state index >= 15 is 0 Å². The monoisotopic (exact) mass is 516 g/mol. The van der Waals surface area contributed by atoms with Gasteiger partial charge in [-0.25, -0.2) is 15.0 Å². The number of fused-ring (bicyclic) bond motifs is 2. The Balaban J connectivity index is 1.37. The zero-order chi connectivity index (χ0) is 26.5. The minimum Gasteiger partial charge on any atom is -0.383 e. The van der Waals surface area contributed by atoms with E-state index in [1.165, 1.54) is 16.8 Å². The van der Waals surface area contributed by atoms with Crippen LogP contribution in [-0.2, 0) is 6.42 Å². The van der Waals surface area contributed by atoms with Crippen molar-refractivity contribution < 1.29 is 0 Å². The summed E-state index contributed by atoms with van der Waals surface area (Å²) in [6.45, 7) is 4.19. The molecule has 0 amide bonds. The summed E-state index contributed by atoms with van der Waals surface area (Å²) in [5.74, 6) is 1.17. The molecule has 0 bridgehead atoms. The zero-order valence-corrected chi connectivity index (χ0v) is 22.1. The van der Waals surface area contributed by atoms with Gasteiger partial charge in [0.25, 0.3) is 0 Å². The molecule has 1 aliphatic heterocycles. The predicted molar refractivity (Wildman–Crippen MR) is 157 cm³/mol. The number of likely N-dealkylation sites (N-methyl/N-ethyl adjacent to an activating group) is 1. The number of nitrogen functional groups attached to an aromatic ring is 1. The molecule has 196 valence electrons. The van der Waals surface area contributed by atoms with Gasteiger partial charge in [-0.05, 0) is 79.5 Å². The van der Waals surface area contributed by atoms with E-state index in [9.17, 15) is 0 Å². The average molecular weight is 517 g/mol. The van der Waals surface area contributed by atoms with Crippen LogP contribution >= 0.6 is 0 Å². The molecular formula is C31H32N8. The lowest BCUT2D eigenvalue weighted by Gasteiger charge is -2.34. The molecule has 4 heterocycles. The first kappa shape index (κ1) is 23.8. The highest BCUT2D eigenvalue weighted by Gasteiger charge is 2.23. The fraction of sp³-hybridized carbons (Fsp3) is 0.258. The molecule has 8 nitrogen and oxygen atoms in total. The molecule has 4 N–H and O–H groups in total. The van der Waals surface area contributed by atoms with Crippen molar-refractivity contribution in [1.82, 2.24) is 24.4 Å². The molecule has 1 atom stereocenters. The molecular weight excluding hydrogens is 484 g/mol. The number of nitrogens with two attached hydrogens (primary N) is 2. The standard InChI is InChI=1S/C31H32N8/c1-37-14-16-38(17-15-37)22-5-2-4-21(19-22)27-11-12-28-31(35-27)39(30(36-28)25-6-3-13-34-29(25)33)23-8-9-24-20(18-23)7-10-26(24)32/h2-6,8-9,11-13,18-19,26H,7,10,14-17,32H2,1H3,(H2,33,34)/t26-/m0/s1. The third kappa shape index (κ3) is 4.22. The summed E-state index contributed by atoms with van der Waals surface area (Å²) in [5.41, 5.74) is 21.8. The molecule has 5 aromatic rings. The molecule has 2 aliphatic rings. The Morgan fingerprint density at radius 3 is 2.59 bits per heavy atom. The van der Waals surface area contributed by atoms with Gasteiger partial charge in [-0.1, -0.05) is 18.2 Å². The van der Waals surface area contributed by atoms with Crippen LogP contribution in [0.4, 0.5) is 11.5 Å². The number of hydrogen-bond acceptors (Lipinski definition) is 7. The van der Waals surface area contributed by atoms with Gasteiger partial charge in [-0.2, -0.15) is 0 Å². The van der Waals surface area contributed by atoms with Crippen molar-refractivity contribution in [2.24, 2.45) is 5.73 Å². The molecule has 7 rings (SSSR count). The zero-order valence-electron chi connectivity index (χ0n) is 22.1. The molecule has 0 unspecified atom stereocenters. The van der Waals surface area contributed by atoms with Gasteiger partial charge in [-0.15, -0.1) is 0 Å². The average Bonchev–Trinajstić information content (AvgIpc) is 3.53. The molecule has 0 radical (unpaired) electrons. The Labute approximate surface area is 227 Å². The second kappa shape index (κ2) is 9.48. The van der Waals surface area contributed by atoms with Gasteiger partial charge in [0.2, 0.25) is 0 Å². The molecule has 1 saturated heterocycles. The maximum atomic E-state index is 6.34. The Kier molecular flexibility index (Phi) is 5.79. The summed E-state index contributed by atoms with van der Waals surface area (Å²) >= 11 is 0. The van der Waals surface area contributed by atoms with E-state index in [-0.39, 0.29) is 6.04 Å². The van der Waals surface area contributed by atoms with E-state index in [4.69, 9.17) is 21.4 Å². The molecule has 39 heavy (non-hydrogen) atoms. The van der Waals surface area contributed by atoms with Crippen LogP contribution in [0.15, 0.2) is 72.9 Å². The molecule has 8 heteroatoms. The van der Waals surface area contributed by atoms with Crippen LogP contribution in [0.1, 0.15) is 23.6 Å². The summed E-state index contributed by atoms with van der Waals surface area (Å²) in [6.07, 6.45) is 3.64. The number of imidazole rings is 1. The minimum atomic E-state index is 0.0966. The van der Waals surface area contributed by atoms with E-state index in [1.54, 1.807) is 6.20 Å². The lowest BCUT2D eigenvalue weighted by Crippen LogP contribution is -2.44. The van der Waals surface area contributed by atoms with Gasteiger partial charge < -0.3 is 21.3 Å².